The molecule has 0 saturated heterocycles. The largest absolute Gasteiger partial charge is 0.370 e. The molecule has 0 aliphatic heterocycles. The number of rotatable bonds is 24. The van der Waals surface area contributed by atoms with Crippen molar-refractivity contribution < 1.29 is 14.4 Å². The minimum Gasteiger partial charge on any atom is -0.370 e. The van der Waals surface area contributed by atoms with E-state index >= 15 is 0 Å². The molecule has 0 spiro atoms. The minimum absolute atomic E-state index is 0.0143. The van der Waals surface area contributed by atoms with Crippen molar-refractivity contribution in [2.75, 3.05) is 48.3 Å². The molecule has 0 saturated carbocycles. The zero-order valence-corrected chi connectivity index (χ0v) is 39.7. The Balaban J connectivity index is 2.50. The lowest BCUT2D eigenvalue weighted by Crippen LogP contribution is -2.40. The van der Waals surface area contributed by atoms with Crippen LogP contribution in [-0.4, -0.2) is 85.1 Å². The summed E-state index contributed by atoms with van der Waals surface area (Å²) in [5, 5.41) is 9.16. The molecule has 0 bridgehead atoms. The van der Waals surface area contributed by atoms with Crippen LogP contribution in [0.1, 0.15) is 95.6 Å². The highest BCUT2D eigenvalue weighted by Crippen LogP contribution is 2.39. The lowest BCUT2D eigenvalue weighted by Gasteiger charge is -2.25. The van der Waals surface area contributed by atoms with Gasteiger partial charge in [-0.1, -0.05) is 59.8 Å². The average Bonchev–Trinajstić information content (AvgIpc) is 3.20. The highest BCUT2D eigenvalue weighted by atomic mass is 32.2. The predicted molar refractivity (Wildman–Crippen MR) is 266 cm³/mol. The number of anilines is 2. The van der Waals surface area contributed by atoms with Crippen molar-refractivity contribution in [3.05, 3.63) is 75.8 Å². The van der Waals surface area contributed by atoms with E-state index in [9.17, 15) is 14.4 Å². The molecule has 0 fully saturated rings. The smallest absolute Gasteiger partial charge is 0.255 e. The molecule has 2 aromatic rings. The maximum atomic E-state index is 14.1. The first kappa shape index (κ1) is 54.2. The number of nitrogens with two attached hydrogens (primary N) is 8. The molecule has 17 nitrogen and oxygen atoms in total. The summed E-state index contributed by atoms with van der Waals surface area (Å²) in [5.74, 6) is -0.00347. The first-order chi connectivity index (χ1) is 29.6. The molecule has 348 valence electrons. The Morgan fingerprint density at radius 3 is 1.89 bits per heavy atom. The van der Waals surface area contributed by atoms with E-state index in [1.165, 1.54) is 23.5 Å². The van der Waals surface area contributed by atoms with Gasteiger partial charge in [0.15, 0.2) is 11.9 Å². The maximum Gasteiger partial charge on any atom is 0.255 e. The van der Waals surface area contributed by atoms with Crippen LogP contribution < -0.4 is 61.8 Å². The first-order valence-corrected chi connectivity index (χ1v) is 23.0. The lowest BCUT2D eigenvalue weighted by atomic mass is 9.86. The van der Waals surface area contributed by atoms with Crippen molar-refractivity contribution in [2.45, 2.75) is 103 Å². The summed E-state index contributed by atoms with van der Waals surface area (Å²) in [6.45, 7) is 15.9. The number of allylic oxidation sites excluding steroid dienone is 3. The summed E-state index contributed by atoms with van der Waals surface area (Å²) in [6.07, 6.45) is 5.69. The van der Waals surface area contributed by atoms with Crippen molar-refractivity contribution in [3.63, 3.8) is 0 Å². The van der Waals surface area contributed by atoms with E-state index in [4.69, 9.17) is 50.9 Å². The van der Waals surface area contributed by atoms with E-state index in [0.29, 0.717) is 96.6 Å². The summed E-state index contributed by atoms with van der Waals surface area (Å²) in [7, 11) is 0. The molecule has 19 heteroatoms. The quantitative estimate of drug-likeness (QED) is 0.0236. The van der Waals surface area contributed by atoms with Crippen LogP contribution in [0.25, 0.3) is 0 Å². The van der Waals surface area contributed by atoms with Gasteiger partial charge in [0.25, 0.3) is 5.91 Å². The van der Waals surface area contributed by atoms with Crippen LogP contribution in [0.15, 0.2) is 79.0 Å². The minimum atomic E-state index is -0.815. The van der Waals surface area contributed by atoms with Crippen molar-refractivity contribution in [2.24, 2.45) is 66.3 Å². The van der Waals surface area contributed by atoms with Crippen molar-refractivity contribution in [3.8, 4) is 0 Å². The molecule has 2 rings (SSSR count). The van der Waals surface area contributed by atoms with Gasteiger partial charge in [0, 0.05) is 49.0 Å². The predicted octanol–water partition coefficient (Wildman–Crippen LogP) is 3.57. The normalized spacial score (nSPS) is 13.5. The van der Waals surface area contributed by atoms with Crippen LogP contribution in [0, 0.1) is 5.41 Å². The van der Waals surface area contributed by atoms with Crippen LogP contribution in [0.4, 0.5) is 11.4 Å². The Bertz CT molecular complexity index is 1990. The second-order valence-corrected chi connectivity index (χ2v) is 19.2. The third kappa shape index (κ3) is 20.4. The lowest BCUT2D eigenvalue weighted by molar-refractivity contribution is -0.121. The highest BCUT2D eigenvalue weighted by molar-refractivity contribution is 8.04. The van der Waals surface area contributed by atoms with Crippen molar-refractivity contribution in [1.82, 2.24) is 5.32 Å². The van der Waals surface area contributed by atoms with E-state index in [1.54, 1.807) is 18.2 Å². The third-order valence-corrected chi connectivity index (χ3v) is 11.5. The Hall–Kier alpha value is -4.92. The summed E-state index contributed by atoms with van der Waals surface area (Å²) in [6, 6.07) is 9.44. The number of hydrogen-bond donors (Lipinski definition) is 11. The van der Waals surface area contributed by atoms with E-state index in [-0.39, 0.29) is 47.0 Å². The van der Waals surface area contributed by atoms with Crippen molar-refractivity contribution in [1.29, 1.82) is 0 Å². The van der Waals surface area contributed by atoms with Gasteiger partial charge < -0.3 is 61.8 Å². The summed E-state index contributed by atoms with van der Waals surface area (Å²) < 4.78 is 0. The maximum absolute atomic E-state index is 14.1. The number of benzene rings is 2. The van der Waals surface area contributed by atoms with Crippen LogP contribution in [0.5, 0.6) is 0 Å². The number of aliphatic imine (C=N–C) groups is 3. The molecule has 0 aromatic heterocycles. The Morgan fingerprint density at radius 1 is 0.778 bits per heavy atom. The fraction of sp³-hybridized carbons (Fsp3) is 0.500. The fourth-order valence-corrected chi connectivity index (χ4v) is 7.37. The number of thioether (sulfide) groups is 2. The molecule has 0 aliphatic rings. The fourth-order valence-electron chi connectivity index (χ4n) is 5.65. The van der Waals surface area contributed by atoms with Crippen LogP contribution in [0.3, 0.4) is 0 Å². The number of hydrogen-bond acceptors (Lipinski definition) is 12. The summed E-state index contributed by atoms with van der Waals surface area (Å²) in [5.41, 5.74) is 50.0. The van der Waals surface area contributed by atoms with Gasteiger partial charge in [0.1, 0.15) is 0 Å². The van der Waals surface area contributed by atoms with E-state index in [1.807, 2.05) is 37.3 Å². The summed E-state index contributed by atoms with van der Waals surface area (Å²) >= 11 is 2.91. The highest BCUT2D eigenvalue weighted by Gasteiger charge is 2.24. The Labute approximate surface area is 382 Å². The standard InChI is InChI=1S/C44H72N14O3S2/c1-27(36(62-21-17-45)33(15-16-43(2,3)4)56-39(60)31(47)13-9-19-53-41(49)50)55-26-28-11-8-12-29(23-28)38(59)57-34-24-30(44(5,6)7)25-35(37(34)63-22-18-46)58-40(61)32(48)14-10-20-54-42(51)52/h8,11-12,15-16,23-25,31-32H,9-10,13-14,17-22,26,45-48H2,1-7H3,(H,56,60)(H,57,59)(H,58,61)(H4,49,50,53)(H4,51,52,54)/b16-15+,36-33-,55-27?/t31-,32-/m0/s1. The second-order valence-electron chi connectivity index (χ2n) is 17.0. The molecule has 0 unspecified atom stereocenters. The van der Waals surface area contributed by atoms with Gasteiger partial charge in [-0.15, -0.1) is 23.5 Å². The van der Waals surface area contributed by atoms with Gasteiger partial charge in [-0.05, 0) is 84.9 Å². The first-order valence-electron chi connectivity index (χ1n) is 21.0. The zero-order valence-electron chi connectivity index (χ0n) is 38.1. The van der Waals surface area contributed by atoms with Crippen LogP contribution in [0.2, 0.25) is 0 Å². The zero-order chi connectivity index (χ0) is 47.3. The van der Waals surface area contributed by atoms with E-state index < -0.39 is 12.1 Å². The Kier molecular flexibility index (Phi) is 22.9. The van der Waals surface area contributed by atoms with Gasteiger partial charge in [0.05, 0.1) is 45.5 Å². The molecule has 2 aromatic carbocycles. The SMILES string of the molecule is CC(=NCc1cccc(C(=O)Nc2cc(C(C)(C)C)cc(NC(=O)[C@@H](N)CCCN=C(N)N)c2SCCN)c1)/C(SCCN)=C(\C=C\C(C)(C)C)NC(=O)[C@@H](N)CCCN=C(N)N. The topological polar surface area (TPSA) is 333 Å². The van der Waals surface area contributed by atoms with Gasteiger partial charge in [0.2, 0.25) is 11.8 Å². The number of nitrogens with zero attached hydrogens (tertiary/aromatic N) is 3. The Morgan fingerprint density at radius 2 is 1.35 bits per heavy atom. The number of carbonyl (C=O) groups excluding carboxylic acids is 3. The van der Waals surface area contributed by atoms with Gasteiger partial charge in [-0.2, -0.15) is 0 Å². The molecule has 0 radical (unpaired) electrons. The molecule has 3 amide bonds. The average molecular weight is 909 g/mol. The third-order valence-electron chi connectivity index (χ3n) is 9.07. The molecular formula is C44H72N14O3S2. The molecule has 0 aliphatic carbocycles. The molecule has 63 heavy (non-hydrogen) atoms. The van der Waals surface area contributed by atoms with E-state index in [0.717, 1.165) is 16.0 Å². The number of amides is 3. The number of carbonyl (C=O) groups is 3. The number of guanidine groups is 2. The monoisotopic (exact) mass is 909 g/mol. The van der Waals surface area contributed by atoms with Gasteiger partial charge in [-0.3, -0.25) is 29.4 Å². The van der Waals surface area contributed by atoms with E-state index in [2.05, 4.69) is 67.5 Å². The molecule has 2 atom stereocenters. The number of nitrogens with one attached hydrogen (secondary N) is 3. The van der Waals surface area contributed by atoms with Gasteiger partial charge >= 0.3 is 0 Å². The second kappa shape index (κ2) is 26.6. The van der Waals surface area contributed by atoms with Crippen LogP contribution >= 0.6 is 23.5 Å². The molecule has 19 N–H and O–H groups in total. The van der Waals surface area contributed by atoms with Gasteiger partial charge in [-0.25, -0.2) is 0 Å². The van der Waals surface area contributed by atoms with Crippen molar-refractivity contribution >= 4 is 70.3 Å². The summed E-state index contributed by atoms with van der Waals surface area (Å²) in [4.78, 5) is 55.1. The molecule has 0 heterocycles. The van der Waals surface area contributed by atoms with Crippen LogP contribution in [-0.2, 0) is 21.5 Å². The molecular weight excluding hydrogens is 837 g/mol.